The van der Waals surface area contributed by atoms with Crippen molar-refractivity contribution in [2.75, 3.05) is 43.0 Å². The van der Waals surface area contributed by atoms with Gasteiger partial charge in [0.05, 0.1) is 12.2 Å². The number of hydrogen-bond acceptors (Lipinski definition) is 5. The van der Waals surface area contributed by atoms with Crippen molar-refractivity contribution < 1.29 is 13.9 Å². The Hall–Kier alpha value is -2.08. The Bertz CT molecular complexity index is 515. The van der Waals surface area contributed by atoms with E-state index in [1.54, 1.807) is 6.07 Å². The normalized spacial score (nSPS) is 14.0. The molecule has 5 nitrogen and oxygen atoms in total. The van der Waals surface area contributed by atoms with Crippen LogP contribution in [0.4, 0.5) is 15.8 Å². The van der Waals surface area contributed by atoms with E-state index in [2.05, 4.69) is 0 Å². The van der Waals surface area contributed by atoms with Crippen molar-refractivity contribution in [2.45, 2.75) is 20.0 Å². The van der Waals surface area contributed by atoms with Crippen LogP contribution >= 0.6 is 0 Å². The van der Waals surface area contributed by atoms with Gasteiger partial charge in [0, 0.05) is 32.4 Å². The lowest BCUT2D eigenvalue weighted by molar-refractivity contribution is -0.132. The fourth-order valence-electron chi connectivity index (χ4n) is 2.33. The Balaban J connectivity index is 0.00000127. The van der Waals surface area contributed by atoms with Crippen molar-refractivity contribution in [3.05, 3.63) is 36.2 Å². The van der Waals surface area contributed by atoms with Crippen LogP contribution < -0.4 is 15.5 Å². The zero-order chi connectivity index (χ0) is 17.2. The fraction of sp³-hybridized carbons (Fsp3) is 0.471. The van der Waals surface area contributed by atoms with Crippen molar-refractivity contribution in [1.29, 1.82) is 0 Å². The summed E-state index contributed by atoms with van der Waals surface area (Å²) in [6, 6.07) is 5.11. The SMILES string of the molecule is CC.CN(CC(CN)OC=O)c1ccc(N2CC=CC2)c(F)c1. The molecule has 1 heterocycles. The van der Waals surface area contributed by atoms with E-state index in [0.717, 1.165) is 18.8 Å². The Labute approximate surface area is 137 Å². The molecule has 1 aliphatic rings. The summed E-state index contributed by atoms with van der Waals surface area (Å²) in [7, 11) is 1.81. The predicted molar refractivity (Wildman–Crippen MR) is 92.4 cm³/mol. The summed E-state index contributed by atoms with van der Waals surface area (Å²) in [6.45, 7) is 6.49. The molecule has 23 heavy (non-hydrogen) atoms. The third-order valence-electron chi connectivity index (χ3n) is 3.52. The molecule has 1 aromatic carbocycles. The fourth-order valence-corrected chi connectivity index (χ4v) is 2.33. The number of ether oxygens (including phenoxy) is 1. The van der Waals surface area contributed by atoms with E-state index in [1.165, 1.54) is 6.07 Å². The van der Waals surface area contributed by atoms with E-state index in [4.69, 9.17) is 10.5 Å². The molecule has 0 amide bonds. The summed E-state index contributed by atoms with van der Waals surface area (Å²) in [4.78, 5) is 14.1. The molecule has 0 saturated carbocycles. The number of hydrogen-bond donors (Lipinski definition) is 1. The standard InChI is InChI=1S/C15H20FN3O2.C2H6/c1-18(10-13(9-17)21-11-20)12-4-5-15(14(16)8-12)19-6-2-3-7-19;1-2/h2-5,8,11,13H,6-7,9-10,17H2,1H3;1-2H3. The molecule has 2 rings (SSSR count). The lowest BCUT2D eigenvalue weighted by Gasteiger charge is -2.25. The molecule has 1 aliphatic heterocycles. The highest BCUT2D eigenvalue weighted by atomic mass is 19.1. The predicted octanol–water partition coefficient (Wildman–Crippen LogP) is 2.16. The second-order valence-electron chi connectivity index (χ2n) is 4.98. The summed E-state index contributed by atoms with van der Waals surface area (Å²) in [5.41, 5.74) is 6.84. The van der Waals surface area contributed by atoms with E-state index in [-0.39, 0.29) is 12.4 Å². The van der Waals surface area contributed by atoms with Crippen molar-refractivity contribution in [3.63, 3.8) is 0 Å². The highest BCUT2D eigenvalue weighted by Crippen LogP contribution is 2.25. The molecule has 1 atom stereocenters. The molecule has 0 aromatic heterocycles. The lowest BCUT2D eigenvalue weighted by Crippen LogP contribution is -2.36. The molecule has 128 valence electrons. The van der Waals surface area contributed by atoms with Crippen LogP contribution in [0.25, 0.3) is 0 Å². The lowest BCUT2D eigenvalue weighted by atomic mass is 10.2. The first-order valence-electron chi connectivity index (χ1n) is 7.85. The van der Waals surface area contributed by atoms with E-state index in [9.17, 15) is 9.18 Å². The Morgan fingerprint density at radius 2 is 2.04 bits per heavy atom. The number of halogens is 1. The van der Waals surface area contributed by atoms with Crippen LogP contribution in [0.3, 0.4) is 0 Å². The van der Waals surface area contributed by atoms with Crippen molar-refractivity contribution in [2.24, 2.45) is 5.73 Å². The minimum atomic E-state index is -0.405. The molecule has 1 aromatic rings. The van der Waals surface area contributed by atoms with Crippen LogP contribution in [0.2, 0.25) is 0 Å². The molecule has 6 heteroatoms. The second kappa shape index (κ2) is 9.84. The van der Waals surface area contributed by atoms with Crippen LogP contribution in [0.15, 0.2) is 30.4 Å². The topological polar surface area (TPSA) is 58.8 Å². The summed E-state index contributed by atoms with van der Waals surface area (Å²) < 4.78 is 19.1. The molecule has 0 bridgehead atoms. The van der Waals surface area contributed by atoms with Crippen LogP contribution in [-0.2, 0) is 9.53 Å². The highest BCUT2D eigenvalue weighted by Gasteiger charge is 2.16. The van der Waals surface area contributed by atoms with E-state index in [1.807, 2.05) is 48.9 Å². The molecule has 2 N–H and O–H groups in total. The molecular weight excluding hydrogens is 297 g/mol. The molecule has 0 aliphatic carbocycles. The van der Waals surface area contributed by atoms with Crippen molar-refractivity contribution in [1.82, 2.24) is 0 Å². The third-order valence-corrected chi connectivity index (χ3v) is 3.52. The van der Waals surface area contributed by atoms with Gasteiger partial charge in [0.1, 0.15) is 11.9 Å². The number of benzene rings is 1. The summed E-state index contributed by atoms with van der Waals surface area (Å²) >= 11 is 0. The average Bonchev–Trinajstić information content (AvgIpc) is 3.10. The Morgan fingerprint density at radius 1 is 1.39 bits per heavy atom. The summed E-state index contributed by atoms with van der Waals surface area (Å²) in [5.74, 6) is -0.261. The second-order valence-corrected chi connectivity index (χ2v) is 4.98. The van der Waals surface area contributed by atoms with Gasteiger partial charge in [-0.1, -0.05) is 26.0 Å². The van der Waals surface area contributed by atoms with Gasteiger partial charge in [0.25, 0.3) is 6.47 Å². The molecule has 0 fully saturated rings. The van der Waals surface area contributed by atoms with Gasteiger partial charge in [-0.15, -0.1) is 0 Å². The summed E-state index contributed by atoms with van der Waals surface area (Å²) in [5, 5.41) is 0. The number of carbonyl (C=O) groups excluding carboxylic acids is 1. The minimum absolute atomic E-state index is 0.225. The average molecular weight is 323 g/mol. The highest BCUT2D eigenvalue weighted by molar-refractivity contribution is 5.58. The number of nitrogens with two attached hydrogens (primary N) is 1. The van der Waals surface area contributed by atoms with E-state index >= 15 is 0 Å². The van der Waals surface area contributed by atoms with Gasteiger partial charge in [0.15, 0.2) is 0 Å². The number of rotatable bonds is 7. The molecule has 0 saturated heterocycles. The first-order chi connectivity index (χ1) is 11.2. The van der Waals surface area contributed by atoms with Gasteiger partial charge in [-0.25, -0.2) is 4.39 Å². The smallest absolute Gasteiger partial charge is 0.293 e. The Kier molecular flexibility index (Phi) is 8.11. The summed E-state index contributed by atoms with van der Waals surface area (Å²) in [6.07, 6.45) is 3.63. The van der Waals surface area contributed by atoms with Crippen molar-refractivity contribution >= 4 is 17.8 Å². The maximum Gasteiger partial charge on any atom is 0.293 e. The molecular formula is C17H26FN3O2. The number of anilines is 2. The van der Waals surface area contributed by atoms with Gasteiger partial charge in [0.2, 0.25) is 0 Å². The number of nitrogens with zero attached hydrogens (tertiary/aromatic N) is 2. The maximum atomic E-state index is 14.2. The van der Waals surface area contributed by atoms with Crippen LogP contribution in [0.5, 0.6) is 0 Å². The zero-order valence-electron chi connectivity index (χ0n) is 14.0. The monoisotopic (exact) mass is 323 g/mol. The van der Waals surface area contributed by atoms with Gasteiger partial charge in [-0.2, -0.15) is 0 Å². The molecule has 0 radical (unpaired) electrons. The van der Waals surface area contributed by atoms with Gasteiger partial charge in [-0.3, -0.25) is 4.79 Å². The van der Waals surface area contributed by atoms with Crippen LogP contribution in [0, 0.1) is 5.82 Å². The van der Waals surface area contributed by atoms with Crippen molar-refractivity contribution in [3.8, 4) is 0 Å². The maximum absolute atomic E-state index is 14.2. The molecule has 1 unspecified atom stereocenters. The van der Waals surface area contributed by atoms with Crippen LogP contribution in [0.1, 0.15) is 13.8 Å². The number of likely N-dealkylation sites (N-methyl/N-ethyl adjacent to an activating group) is 1. The van der Waals surface area contributed by atoms with E-state index in [0.29, 0.717) is 18.7 Å². The zero-order valence-corrected chi connectivity index (χ0v) is 14.0. The minimum Gasteiger partial charge on any atom is -0.461 e. The van der Waals surface area contributed by atoms with E-state index < -0.39 is 6.10 Å². The quantitative estimate of drug-likeness (QED) is 0.615. The van der Waals surface area contributed by atoms with Gasteiger partial charge >= 0.3 is 0 Å². The van der Waals surface area contributed by atoms with Gasteiger partial charge < -0.3 is 20.3 Å². The van der Waals surface area contributed by atoms with Gasteiger partial charge in [-0.05, 0) is 18.2 Å². The number of carbonyl (C=O) groups is 1. The Morgan fingerprint density at radius 3 is 2.57 bits per heavy atom. The first-order valence-corrected chi connectivity index (χ1v) is 7.85. The first kappa shape index (κ1) is 19.0. The molecule has 0 spiro atoms. The third kappa shape index (κ3) is 5.25. The largest absolute Gasteiger partial charge is 0.461 e. The van der Waals surface area contributed by atoms with Crippen LogP contribution in [-0.4, -0.2) is 45.8 Å².